The fourth-order valence-corrected chi connectivity index (χ4v) is 2.91. The van der Waals surface area contributed by atoms with E-state index in [2.05, 4.69) is 20.3 Å². The standard InChI is InChI=1S/C17H18F3N5O/c1-11(26)22-13-4-8-25(9-5-13)15-10-14(17(18,19)20)23-16(24-15)12-2-6-21-7-3-12/h2-3,6-7,10,13H,4-5,8-9H2,1H3,(H,22,26). The number of piperidine rings is 1. The van der Waals surface area contributed by atoms with E-state index in [1.807, 2.05) is 0 Å². The summed E-state index contributed by atoms with van der Waals surface area (Å²) >= 11 is 0. The van der Waals surface area contributed by atoms with Crippen LogP contribution in [0.4, 0.5) is 19.0 Å². The van der Waals surface area contributed by atoms with Crippen molar-refractivity contribution in [3.63, 3.8) is 0 Å². The van der Waals surface area contributed by atoms with Gasteiger partial charge in [0.25, 0.3) is 0 Å². The van der Waals surface area contributed by atoms with Gasteiger partial charge in [0, 0.05) is 50.1 Å². The fraction of sp³-hybridized carbons (Fsp3) is 0.412. The minimum Gasteiger partial charge on any atom is -0.356 e. The van der Waals surface area contributed by atoms with Crippen LogP contribution in [0.5, 0.6) is 0 Å². The first-order chi connectivity index (χ1) is 12.3. The molecule has 0 unspecified atom stereocenters. The molecule has 138 valence electrons. The second-order valence-corrected chi connectivity index (χ2v) is 6.13. The van der Waals surface area contributed by atoms with E-state index in [0.717, 1.165) is 6.07 Å². The highest BCUT2D eigenvalue weighted by molar-refractivity contribution is 5.73. The van der Waals surface area contributed by atoms with Gasteiger partial charge in [0.2, 0.25) is 5.91 Å². The Labute approximate surface area is 148 Å². The summed E-state index contributed by atoms with van der Waals surface area (Å²) in [5.41, 5.74) is -0.501. The third-order valence-corrected chi connectivity index (χ3v) is 4.17. The average Bonchev–Trinajstić information content (AvgIpc) is 2.61. The maximum Gasteiger partial charge on any atom is 0.433 e. The molecule has 9 heteroatoms. The number of halogens is 3. The van der Waals surface area contributed by atoms with Gasteiger partial charge in [-0.3, -0.25) is 9.78 Å². The lowest BCUT2D eigenvalue weighted by Gasteiger charge is -2.33. The van der Waals surface area contributed by atoms with Crippen molar-refractivity contribution in [1.29, 1.82) is 0 Å². The van der Waals surface area contributed by atoms with E-state index in [1.54, 1.807) is 17.0 Å². The molecule has 0 saturated carbocycles. The lowest BCUT2D eigenvalue weighted by Crippen LogP contribution is -2.44. The summed E-state index contributed by atoms with van der Waals surface area (Å²) in [4.78, 5) is 24.8. The molecule has 0 aliphatic carbocycles. The first kappa shape index (κ1) is 18.1. The minimum absolute atomic E-state index is 0.0150. The summed E-state index contributed by atoms with van der Waals surface area (Å²) in [7, 11) is 0. The summed E-state index contributed by atoms with van der Waals surface area (Å²) in [5.74, 6) is 0.145. The molecule has 1 aliphatic rings. The monoisotopic (exact) mass is 365 g/mol. The van der Waals surface area contributed by atoms with Crippen LogP contribution in [0.1, 0.15) is 25.5 Å². The Balaban J connectivity index is 1.88. The summed E-state index contributed by atoms with van der Waals surface area (Å²) in [6.45, 7) is 2.47. The lowest BCUT2D eigenvalue weighted by atomic mass is 10.0. The number of alkyl halides is 3. The predicted molar refractivity (Wildman–Crippen MR) is 89.3 cm³/mol. The Morgan fingerprint density at radius 3 is 2.42 bits per heavy atom. The predicted octanol–water partition coefficient (Wildman–Crippen LogP) is 2.66. The Bertz CT molecular complexity index is 774. The summed E-state index contributed by atoms with van der Waals surface area (Å²) in [6.07, 6.45) is -0.297. The second-order valence-electron chi connectivity index (χ2n) is 6.13. The van der Waals surface area contributed by atoms with E-state index < -0.39 is 11.9 Å². The number of hydrogen-bond donors (Lipinski definition) is 1. The van der Waals surface area contributed by atoms with Gasteiger partial charge in [-0.25, -0.2) is 9.97 Å². The maximum absolute atomic E-state index is 13.3. The number of amides is 1. The highest BCUT2D eigenvalue weighted by Crippen LogP contribution is 2.32. The third kappa shape index (κ3) is 4.27. The average molecular weight is 365 g/mol. The van der Waals surface area contributed by atoms with Gasteiger partial charge >= 0.3 is 6.18 Å². The molecular formula is C17H18F3N5O. The van der Waals surface area contributed by atoms with E-state index in [-0.39, 0.29) is 23.6 Å². The SMILES string of the molecule is CC(=O)NC1CCN(c2cc(C(F)(F)F)nc(-c3ccncc3)n2)CC1. The zero-order valence-electron chi connectivity index (χ0n) is 14.1. The van der Waals surface area contributed by atoms with Crippen LogP contribution >= 0.6 is 0 Å². The van der Waals surface area contributed by atoms with Crippen molar-refractivity contribution < 1.29 is 18.0 Å². The number of carbonyl (C=O) groups is 1. The van der Waals surface area contributed by atoms with Crippen molar-refractivity contribution >= 4 is 11.7 Å². The topological polar surface area (TPSA) is 71.0 Å². The quantitative estimate of drug-likeness (QED) is 0.906. The Morgan fingerprint density at radius 1 is 1.19 bits per heavy atom. The molecule has 0 atom stereocenters. The third-order valence-electron chi connectivity index (χ3n) is 4.17. The van der Waals surface area contributed by atoms with Crippen molar-refractivity contribution in [3.8, 4) is 11.4 Å². The number of rotatable bonds is 3. The molecule has 1 saturated heterocycles. The van der Waals surface area contributed by atoms with Gasteiger partial charge in [-0.2, -0.15) is 13.2 Å². The molecule has 0 spiro atoms. The maximum atomic E-state index is 13.3. The zero-order chi connectivity index (χ0) is 18.7. The van der Waals surface area contributed by atoms with Crippen LogP contribution in [0.15, 0.2) is 30.6 Å². The van der Waals surface area contributed by atoms with Crippen LogP contribution in [-0.2, 0) is 11.0 Å². The second kappa shape index (κ2) is 7.27. The van der Waals surface area contributed by atoms with E-state index in [9.17, 15) is 18.0 Å². The molecule has 3 heterocycles. The molecule has 3 rings (SSSR count). The fourth-order valence-electron chi connectivity index (χ4n) is 2.91. The Morgan fingerprint density at radius 2 is 1.85 bits per heavy atom. The molecule has 1 N–H and O–H groups in total. The van der Waals surface area contributed by atoms with E-state index in [1.165, 1.54) is 19.3 Å². The van der Waals surface area contributed by atoms with Crippen molar-refractivity contribution in [3.05, 3.63) is 36.3 Å². The van der Waals surface area contributed by atoms with Crippen molar-refractivity contribution in [2.75, 3.05) is 18.0 Å². The van der Waals surface area contributed by atoms with Gasteiger partial charge < -0.3 is 10.2 Å². The summed E-state index contributed by atoms with van der Waals surface area (Å²) < 4.78 is 39.8. The number of nitrogens with one attached hydrogen (secondary N) is 1. The van der Waals surface area contributed by atoms with Crippen molar-refractivity contribution in [2.45, 2.75) is 32.0 Å². The Hall–Kier alpha value is -2.71. The van der Waals surface area contributed by atoms with Crippen LogP contribution in [0.3, 0.4) is 0 Å². The van der Waals surface area contributed by atoms with E-state index in [4.69, 9.17) is 0 Å². The van der Waals surface area contributed by atoms with Gasteiger partial charge in [0.1, 0.15) is 5.82 Å². The molecule has 2 aromatic rings. The van der Waals surface area contributed by atoms with Crippen LogP contribution < -0.4 is 10.2 Å². The molecule has 1 aliphatic heterocycles. The van der Waals surface area contributed by atoms with Gasteiger partial charge in [-0.1, -0.05) is 0 Å². The summed E-state index contributed by atoms with van der Waals surface area (Å²) in [5, 5.41) is 2.84. The molecule has 0 bridgehead atoms. The number of pyridine rings is 1. The van der Waals surface area contributed by atoms with Crippen LogP contribution in [0, 0.1) is 0 Å². The molecule has 0 aromatic carbocycles. The van der Waals surface area contributed by atoms with Crippen LogP contribution in [-0.4, -0.2) is 40.0 Å². The van der Waals surface area contributed by atoms with Crippen LogP contribution in [0.2, 0.25) is 0 Å². The summed E-state index contributed by atoms with van der Waals surface area (Å²) in [6, 6.07) is 4.15. The number of hydrogen-bond acceptors (Lipinski definition) is 5. The van der Waals surface area contributed by atoms with Gasteiger partial charge in [-0.15, -0.1) is 0 Å². The molecule has 2 aromatic heterocycles. The highest BCUT2D eigenvalue weighted by atomic mass is 19.4. The van der Waals surface area contributed by atoms with Crippen molar-refractivity contribution in [2.24, 2.45) is 0 Å². The van der Waals surface area contributed by atoms with Gasteiger partial charge in [0.05, 0.1) is 0 Å². The normalized spacial score (nSPS) is 15.8. The smallest absolute Gasteiger partial charge is 0.356 e. The number of anilines is 1. The lowest BCUT2D eigenvalue weighted by molar-refractivity contribution is -0.141. The van der Waals surface area contributed by atoms with Gasteiger partial charge in [-0.05, 0) is 25.0 Å². The zero-order valence-corrected chi connectivity index (χ0v) is 14.1. The molecule has 6 nitrogen and oxygen atoms in total. The first-order valence-electron chi connectivity index (χ1n) is 8.21. The molecule has 0 radical (unpaired) electrons. The molecule has 1 amide bonds. The number of aromatic nitrogens is 3. The largest absolute Gasteiger partial charge is 0.433 e. The first-order valence-corrected chi connectivity index (χ1v) is 8.21. The van der Waals surface area contributed by atoms with Crippen LogP contribution in [0.25, 0.3) is 11.4 Å². The molecule has 1 fully saturated rings. The highest BCUT2D eigenvalue weighted by Gasteiger charge is 2.34. The van der Waals surface area contributed by atoms with Crippen molar-refractivity contribution in [1.82, 2.24) is 20.3 Å². The number of nitrogens with zero attached hydrogens (tertiary/aromatic N) is 4. The Kier molecular flexibility index (Phi) is 5.06. The number of carbonyl (C=O) groups excluding carboxylic acids is 1. The molecular weight excluding hydrogens is 347 g/mol. The molecule has 26 heavy (non-hydrogen) atoms. The minimum atomic E-state index is -4.56. The van der Waals surface area contributed by atoms with E-state index >= 15 is 0 Å². The van der Waals surface area contributed by atoms with Gasteiger partial charge in [0.15, 0.2) is 11.5 Å². The van der Waals surface area contributed by atoms with E-state index in [0.29, 0.717) is 31.5 Å².